The highest BCUT2D eigenvalue weighted by Crippen LogP contribution is 2.23. The molecule has 15 heavy (non-hydrogen) atoms. The van der Waals surface area contributed by atoms with Crippen molar-refractivity contribution in [2.45, 2.75) is 5.92 Å². The van der Waals surface area contributed by atoms with Gasteiger partial charge in [-0.1, -0.05) is 0 Å². The number of fused-ring (bicyclic) bond motifs is 1. The lowest BCUT2D eigenvalue weighted by molar-refractivity contribution is -0.120. The third-order valence-corrected chi connectivity index (χ3v) is 2.38. The van der Waals surface area contributed by atoms with Gasteiger partial charge in [-0.15, -0.1) is 0 Å². The van der Waals surface area contributed by atoms with E-state index in [0.717, 1.165) is 5.39 Å². The first-order valence-electron chi connectivity index (χ1n) is 4.56. The van der Waals surface area contributed by atoms with Crippen molar-refractivity contribution < 1.29 is 9.90 Å². The van der Waals surface area contributed by atoms with E-state index in [2.05, 4.69) is 9.97 Å². The molecule has 78 valence electrons. The smallest absolute Gasteiger partial charge is 0.227 e. The zero-order valence-corrected chi connectivity index (χ0v) is 7.97. The number of H-pyrrole nitrogens is 1. The normalized spacial score (nSPS) is 12.9. The van der Waals surface area contributed by atoms with Crippen molar-refractivity contribution in [3.05, 3.63) is 30.1 Å². The fourth-order valence-corrected chi connectivity index (χ4v) is 1.61. The molecule has 0 bridgehead atoms. The van der Waals surface area contributed by atoms with Gasteiger partial charge < -0.3 is 15.8 Å². The highest BCUT2D eigenvalue weighted by Gasteiger charge is 2.20. The van der Waals surface area contributed by atoms with Crippen molar-refractivity contribution in [2.75, 3.05) is 6.61 Å². The molecule has 0 saturated heterocycles. The second-order valence-corrected chi connectivity index (χ2v) is 3.28. The summed E-state index contributed by atoms with van der Waals surface area (Å²) in [6.45, 7) is -0.294. The first-order valence-corrected chi connectivity index (χ1v) is 4.56. The molecule has 2 rings (SSSR count). The summed E-state index contributed by atoms with van der Waals surface area (Å²) in [5.41, 5.74) is 6.57. The van der Waals surface area contributed by atoms with E-state index in [1.54, 1.807) is 18.5 Å². The van der Waals surface area contributed by atoms with Gasteiger partial charge in [0.15, 0.2) is 0 Å². The maximum Gasteiger partial charge on any atom is 0.227 e. The van der Waals surface area contributed by atoms with Gasteiger partial charge >= 0.3 is 0 Å². The second kappa shape index (κ2) is 3.70. The summed E-state index contributed by atoms with van der Waals surface area (Å²) >= 11 is 0. The van der Waals surface area contributed by atoms with Gasteiger partial charge in [0, 0.05) is 17.8 Å². The number of pyridine rings is 1. The molecule has 1 unspecified atom stereocenters. The van der Waals surface area contributed by atoms with E-state index in [-0.39, 0.29) is 6.61 Å². The number of aromatic nitrogens is 2. The molecule has 1 amide bonds. The van der Waals surface area contributed by atoms with Crippen LogP contribution >= 0.6 is 0 Å². The Kier molecular flexibility index (Phi) is 2.39. The third kappa shape index (κ3) is 1.57. The van der Waals surface area contributed by atoms with E-state index < -0.39 is 11.8 Å². The molecule has 5 heteroatoms. The van der Waals surface area contributed by atoms with Gasteiger partial charge in [-0.2, -0.15) is 0 Å². The van der Waals surface area contributed by atoms with Crippen molar-refractivity contribution in [3.8, 4) is 0 Å². The number of rotatable bonds is 3. The molecule has 2 aromatic heterocycles. The van der Waals surface area contributed by atoms with Crippen LogP contribution in [0.3, 0.4) is 0 Å². The number of primary amides is 1. The number of aliphatic hydroxyl groups excluding tert-OH is 1. The molecule has 0 radical (unpaired) electrons. The summed E-state index contributed by atoms with van der Waals surface area (Å²) in [6, 6.07) is 3.61. The number of amides is 1. The van der Waals surface area contributed by atoms with E-state index in [0.29, 0.717) is 11.2 Å². The van der Waals surface area contributed by atoms with Crippen LogP contribution in [-0.4, -0.2) is 27.6 Å². The zero-order chi connectivity index (χ0) is 10.8. The lowest BCUT2D eigenvalue weighted by atomic mass is 10.00. The molecule has 1 atom stereocenters. The van der Waals surface area contributed by atoms with Crippen LogP contribution in [0, 0.1) is 0 Å². The molecule has 0 saturated carbocycles. The van der Waals surface area contributed by atoms with E-state index in [4.69, 9.17) is 10.8 Å². The summed E-state index contributed by atoms with van der Waals surface area (Å²) in [7, 11) is 0. The minimum atomic E-state index is -0.678. The fourth-order valence-electron chi connectivity index (χ4n) is 1.61. The summed E-state index contributed by atoms with van der Waals surface area (Å²) in [6.07, 6.45) is 3.31. The van der Waals surface area contributed by atoms with Crippen LogP contribution < -0.4 is 5.73 Å². The topological polar surface area (TPSA) is 92.0 Å². The summed E-state index contributed by atoms with van der Waals surface area (Å²) in [5.74, 6) is -1.22. The van der Waals surface area contributed by atoms with Gasteiger partial charge in [-0.3, -0.25) is 4.79 Å². The molecule has 0 aliphatic rings. The molecule has 0 aliphatic heterocycles. The lowest BCUT2D eigenvalue weighted by Crippen LogP contribution is -2.23. The van der Waals surface area contributed by atoms with Gasteiger partial charge in [0.05, 0.1) is 12.5 Å². The van der Waals surface area contributed by atoms with Crippen molar-refractivity contribution in [1.82, 2.24) is 9.97 Å². The zero-order valence-electron chi connectivity index (χ0n) is 7.97. The van der Waals surface area contributed by atoms with E-state index in [9.17, 15) is 4.79 Å². The Hall–Kier alpha value is -1.88. The molecule has 5 nitrogen and oxygen atoms in total. The molecular weight excluding hydrogens is 194 g/mol. The second-order valence-electron chi connectivity index (χ2n) is 3.28. The summed E-state index contributed by atoms with van der Waals surface area (Å²) in [5, 5.41) is 9.91. The maximum atomic E-state index is 11.1. The summed E-state index contributed by atoms with van der Waals surface area (Å²) in [4.78, 5) is 18.1. The van der Waals surface area contributed by atoms with Gasteiger partial charge in [-0.25, -0.2) is 4.98 Å². The third-order valence-electron chi connectivity index (χ3n) is 2.38. The van der Waals surface area contributed by atoms with Crippen LogP contribution in [-0.2, 0) is 4.79 Å². The van der Waals surface area contributed by atoms with Crippen LogP contribution in [0.2, 0.25) is 0 Å². The highest BCUT2D eigenvalue weighted by molar-refractivity contribution is 5.89. The molecule has 0 fully saturated rings. The Morgan fingerprint density at radius 2 is 2.47 bits per heavy atom. The average Bonchev–Trinajstić information content (AvgIpc) is 2.63. The SMILES string of the molecule is NC(=O)C(CO)c1c[nH]c2ncccc12. The predicted molar refractivity (Wildman–Crippen MR) is 55.1 cm³/mol. The molecule has 2 aromatic rings. The van der Waals surface area contributed by atoms with Crippen molar-refractivity contribution >= 4 is 16.9 Å². The quantitative estimate of drug-likeness (QED) is 0.664. The number of nitrogens with one attached hydrogen (secondary N) is 1. The minimum absolute atomic E-state index is 0.294. The van der Waals surface area contributed by atoms with Gasteiger partial charge in [0.1, 0.15) is 5.65 Å². The monoisotopic (exact) mass is 205 g/mol. The van der Waals surface area contributed by atoms with Crippen LogP contribution in [0.1, 0.15) is 11.5 Å². The Bertz CT molecular complexity index is 492. The lowest BCUT2D eigenvalue weighted by Gasteiger charge is -2.07. The number of carbonyl (C=O) groups is 1. The minimum Gasteiger partial charge on any atom is -0.395 e. The van der Waals surface area contributed by atoms with Crippen molar-refractivity contribution in [1.29, 1.82) is 0 Å². The number of nitrogens with zero attached hydrogens (tertiary/aromatic N) is 1. The number of aliphatic hydroxyl groups is 1. The van der Waals surface area contributed by atoms with E-state index in [1.165, 1.54) is 0 Å². The van der Waals surface area contributed by atoms with Crippen LogP contribution in [0.25, 0.3) is 11.0 Å². The van der Waals surface area contributed by atoms with Gasteiger partial charge in [0.25, 0.3) is 0 Å². The first-order chi connectivity index (χ1) is 7.24. The van der Waals surface area contributed by atoms with Crippen LogP contribution in [0.5, 0.6) is 0 Å². The standard InChI is InChI=1S/C10H11N3O2/c11-9(15)8(5-14)7-4-13-10-6(7)2-1-3-12-10/h1-4,8,14H,5H2,(H2,11,15)(H,12,13). The number of aromatic amines is 1. The fraction of sp³-hybridized carbons (Fsp3) is 0.200. The van der Waals surface area contributed by atoms with Gasteiger partial charge in [-0.05, 0) is 17.7 Å². The highest BCUT2D eigenvalue weighted by atomic mass is 16.3. The molecule has 0 spiro atoms. The Balaban J connectivity index is 2.55. The Morgan fingerprint density at radius 1 is 1.67 bits per heavy atom. The van der Waals surface area contributed by atoms with Crippen molar-refractivity contribution in [2.24, 2.45) is 5.73 Å². The Morgan fingerprint density at radius 3 is 3.13 bits per heavy atom. The number of hydrogen-bond donors (Lipinski definition) is 3. The van der Waals surface area contributed by atoms with E-state index in [1.807, 2.05) is 6.07 Å². The average molecular weight is 205 g/mol. The van der Waals surface area contributed by atoms with Gasteiger partial charge in [0.2, 0.25) is 5.91 Å². The van der Waals surface area contributed by atoms with Crippen LogP contribution in [0.15, 0.2) is 24.5 Å². The first kappa shape index (κ1) is 9.67. The molecular formula is C10H11N3O2. The van der Waals surface area contributed by atoms with E-state index >= 15 is 0 Å². The maximum absolute atomic E-state index is 11.1. The molecule has 0 aliphatic carbocycles. The number of carbonyl (C=O) groups excluding carboxylic acids is 1. The van der Waals surface area contributed by atoms with Crippen LogP contribution in [0.4, 0.5) is 0 Å². The van der Waals surface area contributed by atoms with Crippen molar-refractivity contribution in [3.63, 3.8) is 0 Å². The Labute approximate surface area is 85.9 Å². The summed E-state index contributed by atoms with van der Waals surface area (Å²) < 4.78 is 0. The molecule has 2 heterocycles. The molecule has 0 aromatic carbocycles. The number of nitrogens with two attached hydrogens (primary N) is 1. The largest absolute Gasteiger partial charge is 0.395 e. The predicted octanol–water partition coefficient (Wildman–Crippen LogP) is 0.124. The number of hydrogen-bond acceptors (Lipinski definition) is 3. The molecule has 4 N–H and O–H groups in total.